The van der Waals surface area contributed by atoms with Crippen LogP contribution in [-0.4, -0.2) is 0 Å². The van der Waals surface area contributed by atoms with E-state index in [4.69, 9.17) is 0 Å². The van der Waals surface area contributed by atoms with Gasteiger partial charge in [-0.25, -0.2) is 0 Å². The monoisotopic (exact) mass is 454 g/mol. The van der Waals surface area contributed by atoms with E-state index in [0.717, 1.165) is 24.8 Å². The van der Waals surface area contributed by atoms with E-state index >= 15 is 0 Å². The van der Waals surface area contributed by atoms with Gasteiger partial charge in [-0.15, -0.1) is 0 Å². The second kappa shape index (κ2) is 6.88. The fourth-order valence-electron chi connectivity index (χ4n) is 4.67. The molecule has 0 aromatic heterocycles. The van der Waals surface area contributed by atoms with Gasteiger partial charge in [-0.2, -0.15) is 13.2 Å². The first-order valence-electron chi connectivity index (χ1n) is 9.70. The molecule has 1 aliphatic carbocycles. The standard InChI is InChI=1S/C25H18BrF3/c26-24-14-18(25(27,28)29)8-12-21(24)17-6-9-20-16(13-17)7-11-22-19-4-2-1-3-15(19)5-10-23(20)22/h1-5,7-8,10-12,14,17H,6,9,13H2. The number of benzene rings is 4. The molecule has 0 amide bonds. The summed E-state index contributed by atoms with van der Waals surface area (Å²) in [5, 5.41) is 5.07. The molecule has 0 fully saturated rings. The van der Waals surface area contributed by atoms with Crippen LogP contribution in [0, 0.1) is 0 Å². The Kier molecular flexibility index (Phi) is 4.43. The molecule has 4 aromatic carbocycles. The lowest BCUT2D eigenvalue weighted by atomic mass is 9.78. The summed E-state index contributed by atoms with van der Waals surface area (Å²) in [6, 6.07) is 21.2. The number of fused-ring (bicyclic) bond motifs is 5. The molecule has 1 unspecified atom stereocenters. The van der Waals surface area contributed by atoms with Crippen molar-refractivity contribution in [1.82, 2.24) is 0 Å². The second-order valence-electron chi connectivity index (χ2n) is 7.76. The molecule has 146 valence electrons. The molecule has 5 rings (SSSR count). The van der Waals surface area contributed by atoms with E-state index in [1.807, 2.05) is 0 Å². The molecule has 1 atom stereocenters. The Labute approximate surface area is 175 Å². The van der Waals surface area contributed by atoms with Gasteiger partial charge in [-0.3, -0.25) is 0 Å². The first-order valence-corrected chi connectivity index (χ1v) is 10.5. The van der Waals surface area contributed by atoms with Crippen molar-refractivity contribution in [2.24, 2.45) is 0 Å². The van der Waals surface area contributed by atoms with E-state index in [1.165, 1.54) is 44.8 Å². The lowest BCUT2D eigenvalue weighted by Gasteiger charge is -2.27. The summed E-state index contributed by atoms with van der Waals surface area (Å²) in [5.41, 5.74) is 3.04. The largest absolute Gasteiger partial charge is 0.416 e. The minimum absolute atomic E-state index is 0.220. The number of hydrogen-bond acceptors (Lipinski definition) is 0. The third-order valence-corrected chi connectivity index (χ3v) is 6.80. The molecule has 0 aliphatic heterocycles. The Balaban J connectivity index is 1.53. The van der Waals surface area contributed by atoms with Crippen LogP contribution >= 0.6 is 15.9 Å². The van der Waals surface area contributed by atoms with Crippen LogP contribution in [0.4, 0.5) is 13.2 Å². The summed E-state index contributed by atoms with van der Waals surface area (Å²) < 4.78 is 39.5. The number of alkyl halides is 3. The average molecular weight is 455 g/mol. The third-order valence-electron chi connectivity index (χ3n) is 6.11. The number of halogens is 4. The maximum atomic E-state index is 13.0. The van der Waals surface area contributed by atoms with Crippen LogP contribution in [0.3, 0.4) is 0 Å². The number of rotatable bonds is 1. The zero-order chi connectivity index (χ0) is 20.2. The van der Waals surface area contributed by atoms with Gasteiger partial charge >= 0.3 is 6.18 Å². The van der Waals surface area contributed by atoms with Gasteiger partial charge in [0.05, 0.1) is 5.56 Å². The van der Waals surface area contributed by atoms with Crippen LogP contribution in [-0.2, 0) is 19.0 Å². The Hall–Kier alpha value is -2.33. The van der Waals surface area contributed by atoms with Crippen molar-refractivity contribution in [2.75, 3.05) is 0 Å². The molecule has 0 bridgehead atoms. The van der Waals surface area contributed by atoms with E-state index < -0.39 is 11.7 Å². The molecule has 0 heterocycles. The number of aryl methyl sites for hydroxylation is 1. The summed E-state index contributed by atoms with van der Waals surface area (Å²) in [7, 11) is 0. The lowest BCUT2D eigenvalue weighted by molar-refractivity contribution is -0.137. The first-order chi connectivity index (χ1) is 13.9. The van der Waals surface area contributed by atoms with Gasteiger partial charge in [0, 0.05) is 4.47 Å². The Morgan fingerprint density at radius 2 is 1.62 bits per heavy atom. The highest BCUT2D eigenvalue weighted by Gasteiger charge is 2.32. The predicted molar refractivity (Wildman–Crippen MR) is 115 cm³/mol. The van der Waals surface area contributed by atoms with Gasteiger partial charge in [0.1, 0.15) is 0 Å². The molecule has 4 heteroatoms. The molecule has 0 N–H and O–H groups in total. The summed E-state index contributed by atoms with van der Waals surface area (Å²) in [4.78, 5) is 0. The minimum Gasteiger partial charge on any atom is -0.166 e. The second-order valence-corrected chi connectivity index (χ2v) is 8.61. The lowest BCUT2D eigenvalue weighted by Crippen LogP contribution is -2.14. The fourth-order valence-corrected chi connectivity index (χ4v) is 5.37. The van der Waals surface area contributed by atoms with Crippen LogP contribution in [0.25, 0.3) is 21.5 Å². The van der Waals surface area contributed by atoms with E-state index in [2.05, 4.69) is 64.5 Å². The predicted octanol–water partition coefficient (Wildman–Crippen LogP) is 8.05. The SMILES string of the molecule is FC(F)(F)c1ccc(C2CCc3c(ccc4c3ccc3ccccc34)C2)c(Br)c1. The van der Waals surface area contributed by atoms with E-state index in [1.54, 1.807) is 6.07 Å². The van der Waals surface area contributed by atoms with Gasteiger partial charge in [-0.05, 0) is 75.5 Å². The minimum atomic E-state index is -4.32. The molecule has 29 heavy (non-hydrogen) atoms. The first kappa shape index (κ1) is 18.7. The van der Waals surface area contributed by atoms with E-state index in [-0.39, 0.29) is 5.92 Å². The molecular formula is C25H18BrF3. The van der Waals surface area contributed by atoms with Crippen molar-refractivity contribution < 1.29 is 13.2 Å². The quantitative estimate of drug-likeness (QED) is 0.255. The maximum Gasteiger partial charge on any atom is 0.416 e. The van der Waals surface area contributed by atoms with Crippen molar-refractivity contribution in [3.05, 3.63) is 93.5 Å². The van der Waals surface area contributed by atoms with Crippen molar-refractivity contribution >= 4 is 37.5 Å². The molecule has 0 spiro atoms. The molecule has 1 aliphatic rings. The van der Waals surface area contributed by atoms with Gasteiger partial charge in [0.2, 0.25) is 0 Å². The van der Waals surface area contributed by atoms with Crippen molar-refractivity contribution in [1.29, 1.82) is 0 Å². The Morgan fingerprint density at radius 1 is 0.828 bits per heavy atom. The van der Waals surface area contributed by atoms with E-state index in [0.29, 0.717) is 4.47 Å². The van der Waals surface area contributed by atoms with Gasteiger partial charge in [0.15, 0.2) is 0 Å². The number of hydrogen-bond donors (Lipinski definition) is 0. The molecule has 0 saturated heterocycles. The van der Waals surface area contributed by atoms with Crippen molar-refractivity contribution in [2.45, 2.75) is 31.4 Å². The normalized spacial score (nSPS) is 16.9. The van der Waals surface area contributed by atoms with Crippen LogP contribution < -0.4 is 0 Å². The van der Waals surface area contributed by atoms with Crippen molar-refractivity contribution in [3.8, 4) is 0 Å². The van der Waals surface area contributed by atoms with Crippen LogP contribution in [0.5, 0.6) is 0 Å². The fraction of sp³-hybridized carbons (Fsp3) is 0.200. The van der Waals surface area contributed by atoms with Gasteiger partial charge < -0.3 is 0 Å². The van der Waals surface area contributed by atoms with Gasteiger partial charge in [0.25, 0.3) is 0 Å². The topological polar surface area (TPSA) is 0 Å². The molecule has 0 saturated carbocycles. The maximum absolute atomic E-state index is 13.0. The van der Waals surface area contributed by atoms with Crippen LogP contribution in [0.15, 0.2) is 71.2 Å². The van der Waals surface area contributed by atoms with Crippen molar-refractivity contribution in [3.63, 3.8) is 0 Å². The van der Waals surface area contributed by atoms with Crippen LogP contribution in [0.1, 0.15) is 34.6 Å². The molecular weight excluding hydrogens is 437 g/mol. The Bertz CT molecular complexity index is 1240. The molecule has 0 nitrogen and oxygen atoms in total. The summed E-state index contributed by atoms with van der Waals surface area (Å²) in [5.74, 6) is 0.220. The van der Waals surface area contributed by atoms with E-state index in [9.17, 15) is 13.2 Å². The molecule has 4 aromatic rings. The highest BCUT2D eigenvalue weighted by molar-refractivity contribution is 9.10. The summed E-state index contributed by atoms with van der Waals surface area (Å²) in [6.45, 7) is 0. The third kappa shape index (κ3) is 3.24. The summed E-state index contributed by atoms with van der Waals surface area (Å²) in [6.07, 6.45) is -1.60. The average Bonchev–Trinajstić information content (AvgIpc) is 2.72. The Morgan fingerprint density at radius 3 is 2.41 bits per heavy atom. The van der Waals surface area contributed by atoms with Crippen LogP contribution in [0.2, 0.25) is 0 Å². The zero-order valence-electron chi connectivity index (χ0n) is 15.6. The zero-order valence-corrected chi connectivity index (χ0v) is 17.1. The van der Waals surface area contributed by atoms with Gasteiger partial charge in [-0.1, -0.05) is 70.5 Å². The highest BCUT2D eigenvalue weighted by Crippen LogP contribution is 2.41. The summed E-state index contributed by atoms with van der Waals surface area (Å²) >= 11 is 3.38. The smallest absolute Gasteiger partial charge is 0.166 e. The molecule has 0 radical (unpaired) electrons. The highest BCUT2D eigenvalue weighted by atomic mass is 79.9.